The molecule has 1 aliphatic rings. The molecule has 202 valence electrons. The van der Waals surface area contributed by atoms with Crippen LogP contribution in [0.5, 0.6) is 0 Å². The Kier molecular flexibility index (Phi) is 9.68. The van der Waals surface area contributed by atoms with Gasteiger partial charge in [-0.3, -0.25) is 5.10 Å². The molecule has 1 aliphatic heterocycles. The number of ether oxygens (including phenoxy) is 1. The number of aliphatic hydroxyl groups is 1. The molecule has 0 radical (unpaired) electrons. The van der Waals surface area contributed by atoms with Gasteiger partial charge in [0.15, 0.2) is 5.65 Å². The SMILES string of the molecule is CCCCO.CCOC(=O)c1cnc2[nH]ncc2c1N1CCC(N)(Cc2ccc(C(C)(C)C)cc2)CC1. The Labute approximate surface area is 220 Å². The van der Waals surface area contributed by atoms with Gasteiger partial charge in [-0.2, -0.15) is 5.10 Å². The van der Waals surface area contributed by atoms with Crippen LogP contribution in [0.15, 0.2) is 36.7 Å². The fourth-order valence-electron chi connectivity index (χ4n) is 4.62. The van der Waals surface area contributed by atoms with Crippen LogP contribution in [-0.2, 0) is 16.6 Å². The van der Waals surface area contributed by atoms with E-state index in [0.29, 0.717) is 24.4 Å². The topological polar surface area (TPSA) is 117 Å². The van der Waals surface area contributed by atoms with E-state index >= 15 is 0 Å². The number of hydrogen-bond donors (Lipinski definition) is 3. The summed E-state index contributed by atoms with van der Waals surface area (Å²) in [4.78, 5) is 19.2. The Morgan fingerprint density at radius 3 is 2.38 bits per heavy atom. The van der Waals surface area contributed by atoms with Crippen molar-refractivity contribution in [2.24, 2.45) is 5.73 Å². The van der Waals surface area contributed by atoms with Crippen molar-refractivity contribution in [3.8, 4) is 0 Å². The van der Waals surface area contributed by atoms with Gasteiger partial charge in [-0.25, -0.2) is 9.78 Å². The standard InChI is InChI=1S/C25H33N5O2.C4H10O/c1-5-32-23(31)20-15-27-22-19(16-28-29-22)21(20)30-12-10-25(26,11-13-30)14-17-6-8-18(9-7-17)24(2,3)4;1-2-3-4-5/h6-9,15-16H,5,10-14,26H2,1-4H3,(H,27,28,29);5H,2-4H2,1H3. The minimum Gasteiger partial charge on any atom is -0.462 e. The second-order valence-electron chi connectivity index (χ2n) is 10.9. The number of pyridine rings is 1. The Morgan fingerprint density at radius 1 is 1.16 bits per heavy atom. The van der Waals surface area contributed by atoms with Crippen LogP contribution in [0, 0.1) is 0 Å². The summed E-state index contributed by atoms with van der Waals surface area (Å²) in [5, 5.41) is 15.9. The molecule has 3 aromatic rings. The second-order valence-corrected chi connectivity index (χ2v) is 10.9. The zero-order chi connectivity index (χ0) is 27.1. The summed E-state index contributed by atoms with van der Waals surface area (Å²) in [6.45, 7) is 12.7. The molecular formula is C29H43N5O3. The van der Waals surface area contributed by atoms with Crippen molar-refractivity contribution in [2.75, 3.05) is 31.2 Å². The number of fused-ring (bicyclic) bond motifs is 1. The number of carbonyl (C=O) groups excluding carboxylic acids is 1. The Bertz CT molecular complexity index is 1140. The maximum absolute atomic E-state index is 12.6. The number of anilines is 1. The van der Waals surface area contributed by atoms with E-state index in [1.807, 2.05) is 0 Å². The fourth-order valence-corrected chi connectivity index (χ4v) is 4.62. The molecular weight excluding hydrogens is 466 g/mol. The number of aliphatic hydroxyl groups excluding tert-OH is 1. The molecule has 1 saturated heterocycles. The third kappa shape index (κ3) is 7.29. The number of unbranched alkanes of at least 4 members (excludes halogenated alkanes) is 1. The molecule has 0 unspecified atom stereocenters. The van der Waals surface area contributed by atoms with E-state index in [2.05, 4.69) is 72.0 Å². The van der Waals surface area contributed by atoms with Gasteiger partial charge in [0.1, 0.15) is 5.56 Å². The average Bonchev–Trinajstić information content (AvgIpc) is 3.34. The Hall–Kier alpha value is -2.97. The van der Waals surface area contributed by atoms with E-state index in [1.54, 1.807) is 19.3 Å². The van der Waals surface area contributed by atoms with E-state index in [4.69, 9.17) is 15.6 Å². The van der Waals surface area contributed by atoms with Gasteiger partial charge in [-0.1, -0.05) is 58.4 Å². The molecule has 8 heteroatoms. The van der Waals surface area contributed by atoms with E-state index in [-0.39, 0.29) is 16.9 Å². The lowest BCUT2D eigenvalue weighted by Gasteiger charge is -2.41. The first-order valence-corrected chi connectivity index (χ1v) is 13.3. The van der Waals surface area contributed by atoms with Gasteiger partial charge in [0.25, 0.3) is 0 Å². The maximum Gasteiger partial charge on any atom is 0.341 e. The van der Waals surface area contributed by atoms with E-state index < -0.39 is 0 Å². The number of nitrogens with zero attached hydrogens (tertiary/aromatic N) is 3. The molecule has 3 heterocycles. The summed E-state index contributed by atoms with van der Waals surface area (Å²) in [5.41, 5.74) is 11.3. The van der Waals surface area contributed by atoms with E-state index in [0.717, 1.165) is 56.3 Å². The smallest absolute Gasteiger partial charge is 0.341 e. The van der Waals surface area contributed by atoms with Crippen molar-refractivity contribution in [2.45, 2.75) is 77.7 Å². The molecule has 0 spiro atoms. The zero-order valence-electron chi connectivity index (χ0n) is 23.0. The van der Waals surface area contributed by atoms with Gasteiger partial charge in [0, 0.05) is 31.4 Å². The third-order valence-corrected chi connectivity index (χ3v) is 6.91. The van der Waals surface area contributed by atoms with Crippen molar-refractivity contribution in [1.29, 1.82) is 0 Å². The van der Waals surface area contributed by atoms with Crippen LogP contribution in [0.2, 0.25) is 0 Å². The highest BCUT2D eigenvalue weighted by atomic mass is 16.5. The lowest BCUT2D eigenvalue weighted by Crippen LogP contribution is -2.52. The molecule has 4 N–H and O–H groups in total. The van der Waals surface area contributed by atoms with Crippen molar-refractivity contribution in [1.82, 2.24) is 15.2 Å². The molecule has 37 heavy (non-hydrogen) atoms. The van der Waals surface area contributed by atoms with Gasteiger partial charge in [-0.05, 0) is 49.1 Å². The van der Waals surface area contributed by atoms with Crippen LogP contribution in [-0.4, -0.2) is 58.1 Å². The lowest BCUT2D eigenvalue weighted by molar-refractivity contribution is 0.0526. The quantitative estimate of drug-likeness (QED) is 0.393. The van der Waals surface area contributed by atoms with E-state index in [1.165, 1.54) is 11.1 Å². The molecule has 1 aromatic carbocycles. The first kappa shape index (κ1) is 28.6. The number of carbonyl (C=O) groups is 1. The molecule has 0 aliphatic carbocycles. The normalized spacial score (nSPS) is 15.3. The summed E-state index contributed by atoms with van der Waals surface area (Å²) in [6, 6.07) is 8.84. The number of esters is 1. The fraction of sp³-hybridized carbons (Fsp3) is 0.552. The maximum atomic E-state index is 12.6. The summed E-state index contributed by atoms with van der Waals surface area (Å²) < 4.78 is 5.28. The number of nitrogens with one attached hydrogen (secondary N) is 1. The van der Waals surface area contributed by atoms with Crippen LogP contribution >= 0.6 is 0 Å². The predicted molar refractivity (Wildman–Crippen MR) is 149 cm³/mol. The number of hydrogen-bond acceptors (Lipinski definition) is 7. The molecule has 4 rings (SSSR count). The minimum absolute atomic E-state index is 0.143. The Balaban J connectivity index is 0.000000695. The van der Waals surface area contributed by atoms with Crippen molar-refractivity contribution in [3.05, 3.63) is 53.3 Å². The number of piperidine rings is 1. The number of rotatable bonds is 7. The molecule has 2 aromatic heterocycles. The summed E-state index contributed by atoms with van der Waals surface area (Å²) in [7, 11) is 0. The highest BCUT2D eigenvalue weighted by molar-refractivity contribution is 6.04. The zero-order valence-corrected chi connectivity index (χ0v) is 23.0. The largest absolute Gasteiger partial charge is 0.462 e. The van der Waals surface area contributed by atoms with Crippen LogP contribution in [0.3, 0.4) is 0 Å². The lowest BCUT2D eigenvalue weighted by atomic mass is 9.81. The molecule has 0 atom stereocenters. The molecule has 8 nitrogen and oxygen atoms in total. The molecule has 0 bridgehead atoms. The van der Waals surface area contributed by atoms with Crippen molar-refractivity contribution >= 4 is 22.7 Å². The molecule has 1 fully saturated rings. The number of H-pyrrole nitrogens is 1. The van der Waals surface area contributed by atoms with Gasteiger partial charge < -0.3 is 20.5 Å². The monoisotopic (exact) mass is 509 g/mol. The molecule has 0 amide bonds. The van der Waals surface area contributed by atoms with Crippen LogP contribution < -0.4 is 10.6 Å². The highest BCUT2D eigenvalue weighted by Crippen LogP contribution is 2.34. The average molecular weight is 510 g/mol. The summed E-state index contributed by atoms with van der Waals surface area (Å²) >= 11 is 0. The van der Waals surface area contributed by atoms with E-state index in [9.17, 15) is 4.79 Å². The van der Waals surface area contributed by atoms with Crippen molar-refractivity contribution < 1.29 is 14.6 Å². The van der Waals surface area contributed by atoms with Gasteiger partial charge in [0.05, 0.1) is 23.9 Å². The number of aromatic nitrogens is 3. The van der Waals surface area contributed by atoms with Gasteiger partial charge in [0.2, 0.25) is 0 Å². The Morgan fingerprint density at radius 2 is 1.84 bits per heavy atom. The van der Waals surface area contributed by atoms with Gasteiger partial charge >= 0.3 is 5.97 Å². The minimum atomic E-state index is -0.360. The van der Waals surface area contributed by atoms with Gasteiger partial charge in [-0.15, -0.1) is 0 Å². The molecule has 0 saturated carbocycles. The van der Waals surface area contributed by atoms with Crippen LogP contribution in [0.1, 0.15) is 81.8 Å². The number of benzene rings is 1. The first-order valence-electron chi connectivity index (χ1n) is 13.3. The number of nitrogens with two attached hydrogens (primary N) is 1. The second kappa shape index (κ2) is 12.5. The summed E-state index contributed by atoms with van der Waals surface area (Å²) in [5.74, 6) is -0.360. The highest BCUT2D eigenvalue weighted by Gasteiger charge is 2.33. The van der Waals surface area contributed by atoms with Crippen LogP contribution in [0.25, 0.3) is 11.0 Å². The summed E-state index contributed by atoms with van der Waals surface area (Å²) in [6.07, 6.45) is 7.84. The third-order valence-electron chi connectivity index (χ3n) is 6.91. The predicted octanol–water partition coefficient (Wildman–Crippen LogP) is 4.75. The number of aromatic amines is 1. The van der Waals surface area contributed by atoms with Crippen LogP contribution in [0.4, 0.5) is 5.69 Å². The first-order chi connectivity index (χ1) is 17.6. The van der Waals surface area contributed by atoms with Crippen molar-refractivity contribution in [3.63, 3.8) is 0 Å².